The van der Waals surface area contributed by atoms with Gasteiger partial charge in [0.1, 0.15) is 0 Å². The second kappa shape index (κ2) is 2.83. The number of rotatable bonds is 0. The van der Waals surface area contributed by atoms with E-state index in [4.69, 9.17) is 0 Å². The van der Waals surface area contributed by atoms with Crippen molar-refractivity contribution >= 4 is 15.8 Å². The summed E-state index contributed by atoms with van der Waals surface area (Å²) in [5.41, 5.74) is 7.59. The second-order valence-electron chi connectivity index (χ2n) is 4.87. The molecule has 0 aromatic heterocycles. The fourth-order valence-corrected chi connectivity index (χ4v) is 3.34. The minimum atomic E-state index is 0.367. The lowest BCUT2D eigenvalue weighted by atomic mass is 9.95. The molecular weight excluding hydrogens is 184 g/mol. The Morgan fingerprint density at radius 2 is 1.79 bits per heavy atom. The van der Waals surface area contributed by atoms with Crippen LogP contribution in [0.3, 0.4) is 0 Å². The van der Waals surface area contributed by atoms with Crippen LogP contribution in [0.15, 0.2) is 23.8 Å². The summed E-state index contributed by atoms with van der Waals surface area (Å²) >= 11 is 0. The van der Waals surface area contributed by atoms with Gasteiger partial charge in [-0.2, -0.15) is 0 Å². The molecule has 0 bridgehead atoms. The normalized spacial score (nSPS) is 25.7. The molecule has 14 heavy (non-hydrogen) atoms. The van der Waals surface area contributed by atoms with Gasteiger partial charge in [-0.3, -0.25) is 0 Å². The number of hydrogen-bond acceptors (Lipinski definition) is 0. The van der Waals surface area contributed by atoms with Gasteiger partial charge in [0, 0.05) is 10.2 Å². The molecule has 0 aliphatic heterocycles. The minimum Gasteiger partial charge on any atom is -0.0633 e. The maximum Gasteiger partial charge on any atom is 0.0210 e. The topological polar surface area (TPSA) is 0 Å². The van der Waals surface area contributed by atoms with E-state index in [2.05, 4.69) is 45.9 Å². The molecule has 0 fully saturated rings. The summed E-state index contributed by atoms with van der Waals surface area (Å²) < 4.78 is 0. The standard InChI is InChI=1S/C13H18Si/c1-8-6-5-7-11-12(8)9(2)10(3)13(11,4)14/h5-7H,1-4,14H3. The van der Waals surface area contributed by atoms with E-state index in [0.29, 0.717) is 5.04 Å². The molecule has 0 saturated heterocycles. The van der Waals surface area contributed by atoms with E-state index in [1.807, 2.05) is 0 Å². The maximum atomic E-state index is 2.38. The second-order valence-corrected chi connectivity index (χ2v) is 6.87. The van der Waals surface area contributed by atoms with Crippen molar-refractivity contribution in [2.75, 3.05) is 0 Å². The zero-order valence-corrected chi connectivity index (χ0v) is 11.7. The monoisotopic (exact) mass is 202 g/mol. The van der Waals surface area contributed by atoms with Gasteiger partial charge in [-0.1, -0.05) is 30.7 Å². The van der Waals surface area contributed by atoms with Crippen LogP contribution in [0, 0.1) is 6.92 Å². The predicted octanol–water partition coefficient (Wildman–Crippen LogP) is 2.38. The Balaban J connectivity index is 2.80. The Bertz CT molecular complexity index is 425. The fourth-order valence-electron chi connectivity index (χ4n) is 2.54. The Morgan fingerprint density at radius 3 is 2.36 bits per heavy atom. The smallest absolute Gasteiger partial charge is 0.0210 e. The third-order valence-corrected chi connectivity index (χ3v) is 5.11. The lowest BCUT2D eigenvalue weighted by Crippen LogP contribution is -2.20. The lowest BCUT2D eigenvalue weighted by Gasteiger charge is -2.22. The Kier molecular flexibility index (Phi) is 1.97. The van der Waals surface area contributed by atoms with E-state index >= 15 is 0 Å². The molecule has 1 aliphatic carbocycles. The Labute approximate surface area is 89.5 Å². The molecule has 74 valence electrons. The van der Waals surface area contributed by atoms with Crippen LogP contribution in [-0.2, 0) is 5.04 Å². The first-order chi connectivity index (χ1) is 6.46. The number of fused-ring (bicyclic) bond motifs is 1. The summed E-state index contributed by atoms with van der Waals surface area (Å²) in [6.45, 7) is 9.16. The highest BCUT2D eigenvalue weighted by Gasteiger charge is 2.33. The van der Waals surface area contributed by atoms with Crippen molar-refractivity contribution < 1.29 is 0 Å². The number of allylic oxidation sites excluding steroid dienone is 2. The molecule has 0 amide bonds. The van der Waals surface area contributed by atoms with Crippen LogP contribution in [0.25, 0.3) is 5.57 Å². The minimum absolute atomic E-state index is 0.367. The summed E-state index contributed by atoms with van der Waals surface area (Å²) in [6.07, 6.45) is 0. The van der Waals surface area contributed by atoms with E-state index in [1.165, 1.54) is 26.9 Å². The van der Waals surface area contributed by atoms with Gasteiger partial charge < -0.3 is 0 Å². The highest BCUT2D eigenvalue weighted by atomic mass is 28.1. The SMILES string of the molecule is CC1=C(C)C(C)([SiH3])c2cccc(C)c21. The highest BCUT2D eigenvalue weighted by Crippen LogP contribution is 2.44. The first-order valence-corrected chi connectivity index (χ1v) is 6.24. The van der Waals surface area contributed by atoms with Gasteiger partial charge in [0.15, 0.2) is 0 Å². The maximum absolute atomic E-state index is 2.38. The molecule has 0 saturated carbocycles. The van der Waals surface area contributed by atoms with Crippen LogP contribution in [0.1, 0.15) is 37.5 Å². The predicted molar refractivity (Wildman–Crippen MR) is 66.7 cm³/mol. The van der Waals surface area contributed by atoms with E-state index in [0.717, 1.165) is 0 Å². The van der Waals surface area contributed by atoms with Crippen molar-refractivity contribution in [1.29, 1.82) is 0 Å². The summed E-state index contributed by atoms with van der Waals surface area (Å²) in [4.78, 5) is 0. The zero-order valence-electron chi connectivity index (χ0n) is 9.73. The van der Waals surface area contributed by atoms with E-state index in [1.54, 1.807) is 11.1 Å². The largest absolute Gasteiger partial charge is 0.0633 e. The molecule has 1 unspecified atom stereocenters. The molecule has 2 rings (SSSR count). The van der Waals surface area contributed by atoms with Gasteiger partial charge in [0.2, 0.25) is 0 Å². The molecule has 0 radical (unpaired) electrons. The molecule has 0 spiro atoms. The Morgan fingerprint density at radius 1 is 1.14 bits per heavy atom. The zero-order chi connectivity index (χ0) is 10.5. The fraction of sp³-hybridized carbons (Fsp3) is 0.385. The van der Waals surface area contributed by atoms with Crippen LogP contribution in [0.4, 0.5) is 0 Å². The number of hydrogen-bond donors (Lipinski definition) is 0. The average Bonchev–Trinajstić information content (AvgIpc) is 2.30. The first-order valence-electron chi connectivity index (χ1n) is 5.24. The van der Waals surface area contributed by atoms with Crippen LogP contribution < -0.4 is 0 Å². The molecule has 0 heterocycles. The van der Waals surface area contributed by atoms with Gasteiger partial charge in [0.05, 0.1) is 0 Å². The molecule has 1 aromatic rings. The molecule has 0 nitrogen and oxygen atoms in total. The van der Waals surface area contributed by atoms with E-state index < -0.39 is 0 Å². The van der Waals surface area contributed by atoms with Crippen molar-refractivity contribution in [1.82, 2.24) is 0 Å². The van der Waals surface area contributed by atoms with Crippen LogP contribution >= 0.6 is 0 Å². The molecule has 1 aliphatic rings. The van der Waals surface area contributed by atoms with Crippen molar-refractivity contribution in [3.05, 3.63) is 40.5 Å². The average molecular weight is 202 g/mol. The molecule has 1 heteroatoms. The molecule has 1 aromatic carbocycles. The van der Waals surface area contributed by atoms with Crippen LogP contribution in [0.2, 0.25) is 0 Å². The molecular formula is C13H18Si. The van der Waals surface area contributed by atoms with E-state index in [-0.39, 0.29) is 0 Å². The van der Waals surface area contributed by atoms with Crippen LogP contribution in [0.5, 0.6) is 0 Å². The van der Waals surface area contributed by atoms with Gasteiger partial charge in [-0.25, -0.2) is 0 Å². The van der Waals surface area contributed by atoms with Crippen molar-refractivity contribution in [3.63, 3.8) is 0 Å². The lowest BCUT2D eigenvalue weighted by molar-refractivity contribution is 0.817. The third kappa shape index (κ3) is 1.05. The summed E-state index contributed by atoms with van der Waals surface area (Å²) in [7, 11) is 1.20. The van der Waals surface area contributed by atoms with Gasteiger partial charge in [0.25, 0.3) is 0 Å². The van der Waals surface area contributed by atoms with Gasteiger partial charge >= 0.3 is 0 Å². The van der Waals surface area contributed by atoms with Crippen LogP contribution in [-0.4, -0.2) is 10.2 Å². The van der Waals surface area contributed by atoms with Crippen molar-refractivity contribution in [2.24, 2.45) is 0 Å². The summed E-state index contributed by atoms with van der Waals surface area (Å²) in [5, 5.41) is 0.367. The van der Waals surface area contributed by atoms with Gasteiger partial charge in [-0.15, -0.1) is 0 Å². The van der Waals surface area contributed by atoms with Crippen molar-refractivity contribution in [2.45, 2.75) is 32.7 Å². The number of aryl methyl sites for hydroxylation is 1. The molecule has 0 N–H and O–H groups in total. The van der Waals surface area contributed by atoms with Gasteiger partial charge in [-0.05, 0) is 48.1 Å². The quantitative estimate of drug-likeness (QED) is 0.567. The summed E-state index contributed by atoms with van der Waals surface area (Å²) in [6, 6.07) is 6.71. The molecule has 1 atom stereocenters. The highest BCUT2D eigenvalue weighted by molar-refractivity contribution is 6.20. The Hall–Kier alpha value is -0.823. The summed E-state index contributed by atoms with van der Waals surface area (Å²) in [5.74, 6) is 0. The third-order valence-electron chi connectivity index (χ3n) is 3.82. The van der Waals surface area contributed by atoms with E-state index in [9.17, 15) is 0 Å². The van der Waals surface area contributed by atoms with Crippen molar-refractivity contribution in [3.8, 4) is 0 Å². The first kappa shape index (κ1) is 9.72. The number of benzene rings is 1.